The maximum atomic E-state index is 13.5. The minimum atomic E-state index is -3.92. The average Bonchev–Trinajstić information content (AvgIpc) is 2.79. The van der Waals surface area contributed by atoms with Crippen molar-refractivity contribution in [3.63, 3.8) is 0 Å². The number of anilines is 1. The molecule has 8 nitrogen and oxygen atoms in total. The third-order valence-corrected chi connectivity index (χ3v) is 6.83. The smallest absolute Gasteiger partial charge is 0.244 e. The third-order valence-electron chi connectivity index (χ3n) is 5.10. The summed E-state index contributed by atoms with van der Waals surface area (Å²) in [5.74, 6) is -0.714. The minimum Gasteiger partial charge on any atom is -0.495 e. The molecule has 11 heteroatoms. The van der Waals surface area contributed by atoms with Gasteiger partial charge in [0.1, 0.15) is 18.3 Å². The van der Waals surface area contributed by atoms with Crippen LogP contribution in [0, 0.1) is 0 Å². The second-order valence-corrected chi connectivity index (χ2v) is 10.4. The fourth-order valence-corrected chi connectivity index (χ4v) is 4.45. The molecule has 0 aliphatic rings. The lowest BCUT2D eigenvalue weighted by atomic mass is 10.1. The van der Waals surface area contributed by atoms with Crippen molar-refractivity contribution in [1.82, 2.24) is 10.2 Å². The first-order valence-electron chi connectivity index (χ1n) is 10.6. The molecular formula is C23H29Cl2N3O5S. The molecule has 0 radical (unpaired) electrons. The van der Waals surface area contributed by atoms with Crippen LogP contribution in [-0.4, -0.2) is 57.6 Å². The van der Waals surface area contributed by atoms with Crippen LogP contribution in [0.15, 0.2) is 42.5 Å². The van der Waals surface area contributed by atoms with Gasteiger partial charge in [-0.2, -0.15) is 0 Å². The van der Waals surface area contributed by atoms with Crippen molar-refractivity contribution in [3.8, 4) is 5.75 Å². The molecular weight excluding hydrogens is 501 g/mol. The Balaban J connectivity index is 2.46. The molecule has 2 rings (SSSR count). The summed E-state index contributed by atoms with van der Waals surface area (Å²) in [6.45, 7) is 3.41. The molecule has 2 amide bonds. The molecule has 1 N–H and O–H groups in total. The van der Waals surface area contributed by atoms with Crippen molar-refractivity contribution in [2.45, 2.75) is 32.9 Å². The van der Waals surface area contributed by atoms with Gasteiger partial charge in [0.15, 0.2) is 0 Å². The summed E-state index contributed by atoms with van der Waals surface area (Å²) in [5.41, 5.74) is 0.741. The summed E-state index contributed by atoms with van der Waals surface area (Å²) in [5, 5.41) is 3.48. The quantitative estimate of drug-likeness (QED) is 0.478. The highest BCUT2D eigenvalue weighted by atomic mass is 35.5. The minimum absolute atomic E-state index is 0.0174. The van der Waals surface area contributed by atoms with Crippen LogP contribution in [0.3, 0.4) is 0 Å². The SMILES string of the molecule is CCCNC(=O)[C@H](C)N(Cc1ccccc1Cl)C(=O)CN(c1cc(Cl)ccc1OC)S(C)(=O)=O. The van der Waals surface area contributed by atoms with E-state index >= 15 is 0 Å². The van der Waals surface area contributed by atoms with Crippen molar-refractivity contribution in [2.24, 2.45) is 0 Å². The highest BCUT2D eigenvalue weighted by molar-refractivity contribution is 7.92. The van der Waals surface area contributed by atoms with Gasteiger partial charge >= 0.3 is 0 Å². The third kappa shape index (κ3) is 7.25. The zero-order valence-corrected chi connectivity index (χ0v) is 21.9. The Morgan fingerprint density at radius 2 is 1.82 bits per heavy atom. The first-order valence-corrected chi connectivity index (χ1v) is 13.2. The average molecular weight is 530 g/mol. The van der Waals surface area contributed by atoms with Gasteiger partial charge in [0.2, 0.25) is 21.8 Å². The van der Waals surface area contributed by atoms with Gasteiger partial charge in [-0.1, -0.05) is 48.3 Å². The predicted octanol–water partition coefficient (Wildman–Crippen LogP) is 3.71. The summed E-state index contributed by atoms with van der Waals surface area (Å²) in [7, 11) is -2.53. The van der Waals surface area contributed by atoms with Gasteiger partial charge in [-0.15, -0.1) is 0 Å². The second-order valence-electron chi connectivity index (χ2n) is 7.67. The molecule has 0 bridgehead atoms. The Morgan fingerprint density at radius 3 is 2.41 bits per heavy atom. The number of nitrogens with zero attached hydrogens (tertiary/aromatic N) is 2. The summed E-state index contributed by atoms with van der Waals surface area (Å²) >= 11 is 12.4. The van der Waals surface area contributed by atoms with Gasteiger partial charge in [-0.3, -0.25) is 13.9 Å². The lowest BCUT2D eigenvalue weighted by Crippen LogP contribution is -2.51. The lowest BCUT2D eigenvalue weighted by Gasteiger charge is -2.32. The van der Waals surface area contributed by atoms with Crippen molar-refractivity contribution in [3.05, 3.63) is 58.1 Å². The van der Waals surface area contributed by atoms with Crippen LogP contribution in [0.1, 0.15) is 25.8 Å². The molecule has 0 spiro atoms. The van der Waals surface area contributed by atoms with Crippen LogP contribution >= 0.6 is 23.2 Å². The molecule has 1 atom stereocenters. The highest BCUT2D eigenvalue weighted by Gasteiger charge is 2.31. The van der Waals surface area contributed by atoms with Gasteiger partial charge in [0.05, 0.1) is 19.1 Å². The molecule has 0 fully saturated rings. The normalized spacial score (nSPS) is 12.1. The second kappa shape index (κ2) is 12.3. The molecule has 0 aliphatic heterocycles. The van der Waals surface area contributed by atoms with Crippen LogP contribution in [0.5, 0.6) is 5.75 Å². The van der Waals surface area contributed by atoms with E-state index < -0.39 is 28.5 Å². The topological polar surface area (TPSA) is 96.0 Å². The van der Waals surface area contributed by atoms with E-state index in [9.17, 15) is 18.0 Å². The van der Waals surface area contributed by atoms with E-state index in [1.165, 1.54) is 24.1 Å². The summed E-state index contributed by atoms with van der Waals surface area (Å²) in [4.78, 5) is 27.5. The Bertz CT molecular complexity index is 1130. The van der Waals surface area contributed by atoms with E-state index in [1.54, 1.807) is 37.3 Å². The van der Waals surface area contributed by atoms with Crippen LogP contribution in [0.2, 0.25) is 10.0 Å². The Morgan fingerprint density at radius 1 is 1.15 bits per heavy atom. The summed E-state index contributed by atoms with van der Waals surface area (Å²) in [6, 6.07) is 10.5. The molecule has 0 aliphatic carbocycles. The van der Waals surface area contributed by atoms with Crippen LogP contribution in [0.4, 0.5) is 5.69 Å². The first-order chi connectivity index (χ1) is 16.0. The van der Waals surface area contributed by atoms with E-state index in [-0.39, 0.29) is 28.9 Å². The monoisotopic (exact) mass is 529 g/mol. The van der Waals surface area contributed by atoms with Crippen molar-refractivity contribution >= 4 is 50.7 Å². The zero-order valence-electron chi connectivity index (χ0n) is 19.5. The van der Waals surface area contributed by atoms with E-state index in [0.29, 0.717) is 17.1 Å². The number of hydrogen-bond acceptors (Lipinski definition) is 5. The number of methoxy groups -OCH3 is 1. The van der Waals surface area contributed by atoms with Crippen molar-refractivity contribution in [2.75, 3.05) is 30.8 Å². The standard InChI is InChI=1S/C23H29Cl2N3O5S/c1-5-12-26-23(30)16(2)27(14-17-8-6-7-9-19(17)25)22(29)15-28(34(4,31)32)20-13-18(24)10-11-21(20)33-3/h6-11,13,16H,5,12,14-15H2,1-4H3,(H,26,30)/t16-/m0/s1. The molecule has 0 saturated heterocycles. The number of nitrogens with one attached hydrogen (secondary N) is 1. The fraction of sp³-hybridized carbons (Fsp3) is 0.391. The molecule has 2 aromatic carbocycles. The molecule has 0 aromatic heterocycles. The maximum absolute atomic E-state index is 13.5. The van der Waals surface area contributed by atoms with Gasteiger partial charge < -0.3 is 15.0 Å². The molecule has 34 heavy (non-hydrogen) atoms. The number of amides is 2. The highest BCUT2D eigenvalue weighted by Crippen LogP contribution is 2.33. The maximum Gasteiger partial charge on any atom is 0.244 e. The van der Waals surface area contributed by atoms with Crippen molar-refractivity contribution in [1.29, 1.82) is 0 Å². The predicted molar refractivity (Wildman–Crippen MR) is 135 cm³/mol. The summed E-state index contributed by atoms with van der Waals surface area (Å²) in [6.07, 6.45) is 1.71. The number of rotatable bonds is 11. The van der Waals surface area contributed by atoms with Gasteiger partial charge in [-0.25, -0.2) is 8.42 Å². The number of ether oxygens (including phenoxy) is 1. The van der Waals surface area contributed by atoms with E-state index in [0.717, 1.165) is 17.0 Å². The van der Waals surface area contributed by atoms with E-state index in [4.69, 9.17) is 27.9 Å². The number of sulfonamides is 1. The molecule has 2 aromatic rings. The largest absolute Gasteiger partial charge is 0.495 e. The van der Waals surface area contributed by atoms with Gasteiger partial charge in [0.25, 0.3) is 0 Å². The number of hydrogen-bond donors (Lipinski definition) is 1. The van der Waals surface area contributed by atoms with Gasteiger partial charge in [0, 0.05) is 23.1 Å². The number of benzene rings is 2. The molecule has 0 saturated carbocycles. The van der Waals surface area contributed by atoms with E-state index in [1.807, 2.05) is 6.92 Å². The van der Waals surface area contributed by atoms with E-state index in [2.05, 4.69) is 5.32 Å². The van der Waals surface area contributed by atoms with Gasteiger partial charge in [-0.05, 0) is 43.2 Å². The Labute approximate surface area is 210 Å². The number of carbonyl (C=O) groups is 2. The zero-order chi connectivity index (χ0) is 25.5. The molecule has 0 heterocycles. The van der Waals surface area contributed by atoms with Crippen LogP contribution in [-0.2, 0) is 26.2 Å². The molecule has 186 valence electrons. The fourth-order valence-electron chi connectivity index (χ4n) is 3.24. The van der Waals surface area contributed by atoms with Crippen molar-refractivity contribution < 1.29 is 22.7 Å². The lowest BCUT2D eigenvalue weighted by molar-refractivity contribution is -0.139. The molecule has 0 unspecified atom stereocenters. The number of halogens is 2. The Kier molecular flexibility index (Phi) is 10.0. The van der Waals surface area contributed by atoms with Crippen LogP contribution < -0.4 is 14.4 Å². The number of carbonyl (C=O) groups excluding carboxylic acids is 2. The summed E-state index contributed by atoms with van der Waals surface area (Å²) < 4.78 is 31.6. The van der Waals surface area contributed by atoms with Crippen LogP contribution in [0.25, 0.3) is 0 Å². The Hall–Kier alpha value is -2.49. The first kappa shape index (κ1) is 27.8.